The number of nitrogens with zero attached hydrogens (tertiary/aromatic N) is 3. The summed E-state index contributed by atoms with van der Waals surface area (Å²) in [5.74, 6) is -1.52. The summed E-state index contributed by atoms with van der Waals surface area (Å²) in [6.45, 7) is -0.393. The van der Waals surface area contributed by atoms with Crippen LogP contribution in [0.1, 0.15) is 10.5 Å². The summed E-state index contributed by atoms with van der Waals surface area (Å²) < 4.78 is 5.97. The van der Waals surface area contributed by atoms with Gasteiger partial charge in [-0.3, -0.25) is 24.4 Å². The van der Waals surface area contributed by atoms with E-state index in [1.165, 1.54) is 37.6 Å². The molecular weight excluding hydrogens is 308 g/mol. The first-order chi connectivity index (χ1) is 10.9. The summed E-state index contributed by atoms with van der Waals surface area (Å²) >= 11 is 0. The van der Waals surface area contributed by atoms with Crippen molar-refractivity contribution in [1.29, 1.82) is 0 Å². The number of amides is 1. The van der Waals surface area contributed by atoms with E-state index in [0.29, 0.717) is 0 Å². The van der Waals surface area contributed by atoms with E-state index >= 15 is 0 Å². The first-order valence-electron chi connectivity index (χ1n) is 6.29. The fraction of sp³-hybridized carbons (Fsp3) is 0.154. The SMILES string of the molecule is COc1ccc(NC(=O)c2ccn(CC(=O)O)n2)c([N+](=O)[O-])c1. The van der Waals surface area contributed by atoms with E-state index in [2.05, 4.69) is 10.4 Å². The van der Waals surface area contributed by atoms with Crippen LogP contribution in [0.15, 0.2) is 30.5 Å². The molecule has 2 aromatic rings. The van der Waals surface area contributed by atoms with E-state index in [-0.39, 0.29) is 22.8 Å². The van der Waals surface area contributed by atoms with Crippen LogP contribution in [0.4, 0.5) is 11.4 Å². The first kappa shape index (κ1) is 15.9. The van der Waals surface area contributed by atoms with Gasteiger partial charge in [0.15, 0.2) is 5.69 Å². The normalized spacial score (nSPS) is 10.1. The second kappa shape index (κ2) is 6.56. The average molecular weight is 320 g/mol. The number of ether oxygens (including phenoxy) is 1. The van der Waals surface area contributed by atoms with Gasteiger partial charge in [0.1, 0.15) is 18.0 Å². The van der Waals surface area contributed by atoms with Gasteiger partial charge in [0.25, 0.3) is 11.6 Å². The van der Waals surface area contributed by atoms with Crippen LogP contribution in [-0.2, 0) is 11.3 Å². The van der Waals surface area contributed by atoms with Crippen LogP contribution in [0.25, 0.3) is 0 Å². The number of anilines is 1. The zero-order valence-electron chi connectivity index (χ0n) is 11.9. The number of aliphatic carboxylic acids is 1. The first-order valence-corrected chi connectivity index (χ1v) is 6.29. The van der Waals surface area contributed by atoms with Gasteiger partial charge < -0.3 is 15.2 Å². The predicted molar refractivity (Wildman–Crippen MR) is 77.5 cm³/mol. The Kier molecular flexibility index (Phi) is 4.55. The van der Waals surface area contributed by atoms with Crippen molar-refractivity contribution in [2.45, 2.75) is 6.54 Å². The number of rotatable bonds is 6. The molecule has 1 aromatic carbocycles. The molecule has 0 aliphatic heterocycles. The Hall–Kier alpha value is -3.43. The largest absolute Gasteiger partial charge is 0.496 e. The van der Waals surface area contributed by atoms with E-state index in [4.69, 9.17) is 9.84 Å². The second-order valence-corrected chi connectivity index (χ2v) is 4.39. The fourth-order valence-corrected chi connectivity index (χ4v) is 1.79. The molecule has 120 valence electrons. The van der Waals surface area contributed by atoms with Crippen LogP contribution in [0.3, 0.4) is 0 Å². The lowest BCUT2D eigenvalue weighted by atomic mass is 10.2. The van der Waals surface area contributed by atoms with Crippen molar-refractivity contribution in [2.75, 3.05) is 12.4 Å². The molecule has 10 nitrogen and oxygen atoms in total. The molecule has 0 aliphatic carbocycles. The lowest BCUT2D eigenvalue weighted by Crippen LogP contribution is -2.15. The maximum absolute atomic E-state index is 12.1. The third kappa shape index (κ3) is 3.81. The Morgan fingerprint density at radius 3 is 2.78 bits per heavy atom. The minimum absolute atomic E-state index is 0.0198. The van der Waals surface area contributed by atoms with Crippen molar-refractivity contribution in [3.63, 3.8) is 0 Å². The number of hydrogen-bond donors (Lipinski definition) is 2. The van der Waals surface area contributed by atoms with Crippen LogP contribution in [-0.4, -0.2) is 38.8 Å². The van der Waals surface area contributed by atoms with Crippen LogP contribution in [0, 0.1) is 10.1 Å². The van der Waals surface area contributed by atoms with Gasteiger partial charge in [-0.05, 0) is 18.2 Å². The molecule has 0 radical (unpaired) electrons. The number of hydrogen-bond acceptors (Lipinski definition) is 6. The molecule has 1 amide bonds. The molecule has 0 saturated carbocycles. The molecule has 0 aliphatic rings. The standard InChI is InChI=1S/C13H12N4O6/c1-23-8-2-3-9(11(6-8)17(21)22)14-13(20)10-4-5-16(15-10)7-12(18)19/h2-6H,7H2,1H3,(H,14,20)(H,18,19). The van der Waals surface area contributed by atoms with Crippen molar-refractivity contribution >= 4 is 23.3 Å². The van der Waals surface area contributed by atoms with Crippen molar-refractivity contribution in [1.82, 2.24) is 9.78 Å². The van der Waals surface area contributed by atoms with Crippen LogP contribution in [0.2, 0.25) is 0 Å². The van der Waals surface area contributed by atoms with E-state index in [1.54, 1.807) is 0 Å². The van der Waals surface area contributed by atoms with Gasteiger partial charge in [0, 0.05) is 6.20 Å². The number of aromatic nitrogens is 2. The van der Waals surface area contributed by atoms with Gasteiger partial charge >= 0.3 is 5.97 Å². The topological polar surface area (TPSA) is 137 Å². The number of carboxylic acids is 1. The van der Waals surface area contributed by atoms with Gasteiger partial charge in [-0.1, -0.05) is 0 Å². The van der Waals surface area contributed by atoms with Crippen LogP contribution < -0.4 is 10.1 Å². The molecule has 10 heteroatoms. The summed E-state index contributed by atoms with van der Waals surface area (Å²) in [5, 5.41) is 25.8. The van der Waals surface area contributed by atoms with Gasteiger partial charge in [-0.25, -0.2) is 0 Å². The summed E-state index contributed by atoms with van der Waals surface area (Å²) in [6, 6.07) is 5.29. The number of benzene rings is 1. The summed E-state index contributed by atoms with van der Waals surface area (Å²) in [4.78, 5) is 33.0. The summed E-state index contributed by atoms with van der Waals surface area (Å²) in [6.07, 6.45) is 1.32. The summed E-state index contributed by atoms with van der Waals surface area (Å²) in [7, 11) is 1.37. The Morgan fingerprint density at radius 1 is 1.43 bits per heavy atom. The number of carbonyl (C=O) groups excluding carboxylic acids is 1. The average Bonchev–Trinajstić information content (AvgIpc) is 2.95. The van der Waals surface area contributed by atoms with Crippen molar-refractivity contribution < 1.29 is 24.4 Å². The quantitative estimate of drug-likeness (QED) is 0.601. The van der Waals surface area contributed by atoms with E-state index in [0.717, 1.165) is 4.68 Å². The Balaban J connectivity index is 2.21. The number of carboxylic acid groups (broad SMARTS) is 1. The second-order valence-electron chi connectivity index (χ2n) is 4.39. The fourth-order valence-electron chi connectivity index (χ4n) is 1.79. The number of methoxy groups -OCH3 is 1. The minimum Gasteiger partial charge on any atom is -0.496 e. The molecule has 0 spiro atoms. The highest BCUT2D eigenvalue weighted by atomic mass is 16.6. The lowest BCUT2D eigenvalue weighted by molar-refractivity contribution is -0.384. The van der Waals surface area contributed by atoms with Crippen molar-refractivity contribution in [3.8, 4) is 5.75 Å². The van der Waals surface area contributed by atoms with E-state index < -0.39 is 23.3 Å². The number of carbonyl (C=O) groups is 2. The molecule has 0 bridgehead atoms. The highest BCUT2D eigenvalue weighted by Crippen LogP contribution is 2.29. The van der Waals surface area contributed by atoms with Crippen molar-refractivity contribution in [3.05, 3.63) is 46.3 Å². The van der Waals surface area contributed by atoms with Crippen molar-refractivity contribution in [2.24, 2.45) is 0 Å². The Labute approximate surface area is 129 Å². The Bertz CT molecular complexity index is 770. The molecule has 0 saturated heterocycles. The predicted octanol–water partition coefficient (Wildman–Crippen LogP) is 1.14. The highest BCUT2D eigenvalue weighted by molar-refractivity contribution is 6.04. The third-order valence-corrected chi connectivity index (χ3v) is 2.82. The molecule has 23 heavy (non-hydrogen) atoms. The Morgan fingerprint density at radius 2 is 2.17 bits per heavy atom. The molecule has 2 rings (SSSR count). The molecule has 1 aromatic heterocycles. The molecule has 2 N–H and O–H groups in total. The van der Waals surface area contributed by atoms with Crippen LogP contribution >= 0.6 is 0 Å². The monoisotopic (exact) mass is 320 g/mol. The number of nitro benzene ring substituents is 1. The molecule has 0 atom stereocenters. The van der Waals surface area contributed by atoms with Gasteiger partial charge in [-0.15, -0.1) is 0 Å². The molecule has 0 unspecified atom stereocenters. The third-order valence-electron chi connectivity index (χ3n) is 2.82. The smallest absolute Gasteiger partial charge is 0.325 e. The maximum atomic E-state index is 12.1. The molecule has 1 heterocycles. The zero-order valence-corrected chi connectivity index (χ0v) is 11.9. The number of nitrogens with one attached hydrogen (secondary N) is 1. The van der Waals surface area contributed by atoms with E-state index in [9.17, 15) is 19.7 Å². The van der Waals surface area contributed by atoms with E-state index in [1.807, 2.05) is 0 Å². The number of nitro groups is 1. The van der Waals surface area contributed by atoms with Gasteiger partial charge in [-0.2, -0.15) is 5.10 Å². The van der Waals surface area contributed by atoms with Gasteiger partial charge in [0.05, 0.1) is 18.1 Å². The zero-order chi connectivity index (χ0) is 17.0. The van der Waals surface area contributed by atoms with Gasteiger partial charge in [0.2, 0.25) is 0 Å². The summed E-state index contributed by atoms with van der Waals surface area (Å²) in [5.41, 5.74) is -0.410. The maximum Gasteiger partial charge on any atom is 0.325 e. The highest BCUT2D eigenvalue weighted by Gasteiger charge is 2.19. The molecule has 0 fully saturated rings. The minimum atomic E-state index is -1.11. The van der Waals surface area contributed by atoms with Crippen LogP contribution in [0.5, 0.6) is 5.75 Å². The lowest BCUT2D eigenvalue weighted by Gasteiger charge is -2.06. The molecular formula is C13H12N4O6.